The molecule has 0 spiro atoms. The molecule has 1 aromatic heterocycles. The van der Waals surface area contributed by atoms with E-state index in [-0.39, 0.29) is 6.42 Å². The van der Waals surface area contributed by atoms with Crippen LogP contribution in [0.25, 0.3) is 10.9 Å². The summed E-state index contributed by atoms with van der Waals surface area (Å²) in [6.45, 7) is 0. The first-order valence-corrected chi connectivity index (χ1v) is 7.56. The molecule has 2 aromatic carbocycles. The van der Waals surface area contributed by atoms with Crippen LogP contribution in [0.1, 0.15) is 5.56 Å². The largest absolute Gasteiger partial charge is 0.493 e. The van der Waals surface area contributed by atoms with Gasteiger partial charge in [-0.2, -0.15) is 0 Å². The van der Waals surface area contributed by atoms with Crippen LogP contribution >= 0.6 is 0 Å². The number of aromatic nitrogens is 2. The normalized spacial score (nSPS) is 10.5. The lowest BCUT2D eigenvalue weighted by Gasteiger charge is -2.13. The van der Waals surface area contributed by atoms with Crippen LogP contribution in [-0.2, 0) is 11.2 Å². The molecular formula is C18H17N3O4. The lowest BCUT2D eigenvalue weighted by molar-refractivity contribution is -0.136. The number of carbonyl (C=O) groups is 1. The third-order valence-electron chi connectivity index (χ3n) is 3.72. The lowest BCUT2D eigenvalue weighted by atomic mass is 10.1. The Bertz CT molecular complexity index is 910. The summed E-state index contributed by atoms with van der Waals surface area (Å²) in [7, 11) is 3.14. The zero-order valence-electron chi connectivity index (χ0n) is 13.8. The highest BCUT2D eigenvalue weighted by atomic mass is 16.5. The molecule has 0 saturated carbocycles. The van der Waals surface area contributed by atoms with Gasteiger partial charge in [-0.1, -0.05) is 12.1 Å². The Balaban J connectivity index is 1.95. The number of nitrogens with one attached hydrogen (secondary N) is 1. The molecule has 25 heavy (non-hydrogen) atoms. The third kappa shape index (κ3) is 3.45. The second-order valence-electron chi connectivity index (χ2n) is 5.31. The number of methoxy groups -OCH3 is 2. The van der Waals surface area contributed by atoms with Crippen LogP contribution in [0.15, 0.2) is 42.7 Å². The fourth-order valence-electron chi connectivity index (χ4n) is 2.56. The number of hydrogen-bond donors (Lipinski definition) is 2. The molecule has 0 unspecified atom stereocenters. The maximum atomic E-state index is 10.7. The zero-order chi connectivity index (χ0) is 17.8. The Hall–Kier alpha value is -3.35. The first kappa shape index (κ1) is 16.5. The highest BCUT2D eigenvalue weighted by Gasteiger charge is 2.13. The van der Waals surface area contributed by atoms with Gasteiger partial charge in [0.05, 0.1) is 20.6 Å². The van der Waals surface area contributed by atoms with E-state index >= 15 is 0 Å². The van der Waals surface area contributed by atoms with Crippen LogP contribution in [0, 0.1) is 0 Å². The van der Waals surface area contributed by atoms with Crippen molar-refractivity contribution < 1.29 is 19.4 Å². The van der Waals surface area contributed by atoms with Gasteiger partial charge in [-0.15, -0.1) is 0 Å². The highest BCUT2D eigenvalue weighted by Crippen LogP contribution is 2.36. The van der Waals surface area contributed by atoms with Gasteiger partial charge < -0.3 is 19.9 Å². The summed E-state index contributed by atoms with van der Waals surface area (Å²) >= 11 is 0. The lowest BCUT2D eigenvalue weighted by Crippen LogP contribution is -2.01. The number of ether oxygens (including phenoxy) is 2. The topological polar surface area (TPSA) is 93.6 Å². The maximum absolute atomic E-state index is 10.7. The second-order valence-corrected chi connectivity index (χ2v) is 5.31. The number of carboxylic acid groups (broad SMARTS) is 1. The van der Waals surface area contributed by atoms with E-state index in [1.54, 1.807) is 32.4 Å². The average Bonchev–Trinajstić information content (AvgIpc) is 2.62. The highest BCUT2D eigenvalue weighted by molar-refractivity contribution is 5.95. The molecule has 0 radical (unpaired) electrons. The summed E-state index contributed by atoms with van der Waals surface area (Å²) in [5, 5.41) is 12.8. The average molecular weight is 339 g/mol. The molecule has 0 aliphatic carbocycles. The van der Waals surface area contributed by atoms with Crippen LogP contribution in [0.4, 0.5) is 11.5 Å². The number of hydrogen-bond acceptors (Lipinski definition) is 6. The molecule has 128 valence electrons. The first-order valence-electron chi connectivity index (χ1n) is 7.56. The van der Waals surface area contributed by atoms with Gasteiger partial charge in [-0.05, 0) is 29.8 Å². The summed E-state index contributed by atoms with van der Waals surface area (Å²) in [6.07, 6.45) is 1.44. The van der Waals surface area contributed by atoms with E-state index in [1.807, 2.05) is 18.2 Å². The molecule has 0 aliphatic heterocycles. The van der Waals surface area contributed by atoms with Crippen molar-refractivity contribution in [2.24, 2.45) is 0 Å². The van der Waals surface area contributed by atoms with Crippen molar-refractivity contribution in [2.75, 3.05) is 19.5 Å². The van der Waals surface area contributed by atoms with E-state index in [0.717, 1.165) is 16.6 Å². The molecule has 2 N–H and O–H groups in total. The minimum absolute atomic E-state index is 0.00624. The van der Waals surface area contributed by atoms with Gasteiger partial charge in [0.2, 0.25) is 0 Å². The predicted octanol–water partition coefficient (Wildman–Crippen LogP) is 3.02. The van der Waals surface area contributed by atoms with Gasteiger partial charge >= 0.3 is 5.97 Å². The van der Waals surface area contributed by atoms with E-state index in [0.29, 0.717) is 22.8 Å². The number of anilines is 2. The van der Waals surface area contributed by atoms with Crippen LogP contribution in [0.2, 0.25) is 0 Å². The molecule has 3 rings (SSSR count). The standard InChI is InChI=1S/C18H17N3O4/c1-24-14-8-7-13-16(17(14)25-2)19-10-20-18(13)21-12-5-3-11(4-6-12)9-15(22)23/h3-8,10H,9H2,1-2H3,(H,22,23)(H,19,20,21). The molecule has 7 nitrogen and oxygen atoms in total. The summed E-state index contributed by atoms with van der Waals surface area (Å²) in [5.74, 6) is 0.903. The van der Waals surface area contributed by atoms with Crippen molar-refractivity contribution in [3.05, 3.63) is 48.3 Å². The minimum Gasteiger partial charge on any atom is -0.493 e. The number of rotatable bonds is 6. The summed E-state index contributed by atoms with van der Waals surface area (Å²) in [4.78, 5) is 19.3. The van der Waals surface area contributed by atoms with Gasteiger partial charge in [0.25, 0.3) is 0 Å². The minimum atomic E-state index is -0.858. The monoisotopic (exact) mass is 339 g/mol. The molecule has 0 amide bonds. The quantitative estimate of drug-likeness (QED) is 0.713. The summed E-state index contributed by atoms with van der Waals surface area (Å²) < 4.78 is 10.7. The number of nitrogens with zero attached hydrogens (tertiary/aromatic N) is 2. The van der Waals surface area contributed by atoms with Crippen molar-refractivity contribution >= 4 is 28.4 Å². The zero-order valence-corrected chi connectivity index (χ0v) is 13.8. The van der Waals surface area contributed by atoms with Crippen molar-refractivity contribution in [1.29, 1.82) is 0 Å². The Labute approximate surface area is 144 Å². The number of aliphatic carboxylic acids is 1. The van der Waals surface area contributed by atoms with Crippen molar-refractivity contribution in [1.82, 2.24) is 9.97 Å². The molecule has 0 aliphatic rings. The van der Waals surface area contributed by atoms with E-state index in [9.17, 15) is 4.79 Å². The van der Waals surface area contributed by atoms with E-state index < -0.39 is 5.97 Å². The number of fused-ring (bicyclic) bond motifs is 1. The summed E-state index contributed by atoms with van der Waals surface area (Å²) in [5.41, 5.74) is 2.17. The number of carboxylic acids is 1. The third-order valence-corrected chi connectivity index (χ3v) is 3.72. The first-order chi connectivity index (χ1) is 12.1. The van der Waals surface area contributed by atoms with Crippen LogP contribution in [-0.4, -0.2) is 35.3 Å². The molecule has 3 aromatic rings. The molecular weight excluding hydrogens is 322 g/mol. The Morgan fingerprint density at radius 2 is 1.84 bits per heavy atom. The molecule has 0 bridgehead atoms. The van der Waals surface area contributed by atoms with Gasteiger partial charge in [0.1, 0.15) is 17.7 Å². The van der Waals surface area contributed by atoms with E-state index in [1.165, 1.54) is 6.33 Å². The molecule has 7 heteroatoms. The van der Waals surface area contributed by atoms with Crippen LogP contribution in [0.3, 0.4) is 0 Å². The maximum Gasteiger partial charge on any atom is 0.307 e. The molecule has 0 fully saturated rings. The molecule has 1 heterocycles. The van der Waals surface area contributed by atoms with Gasteiger partial charge in [-0.25, -0.2) is 9.97 Å². The van der Waals surface area contributed by atoms with E-state index in [2.05, 4.69) is 15.3 Å². The van der Waals surface area contributed by atoms with Crippen molar-refractivity contribution in [2.45, 2.75) is 6.42 Å². The van der Waals surface area contributed by atoms with Gasteiger partial charge in [-0.3, -0.25) is 4.79 Å². The smallest absolute Gasteiger partial charge is 0.307 e. The molecule has 0 atom stereocenters. The van der Waals surface area contributed by atoms with Crippen molar-refractivity contribution in [3.8, 4) is 11.5 Å². The Morgan fingerprint density at radius 1 is 1.08 bits per heavy atom. The SMILES string of the molecule is COc1ccc2c(Nc3ccc(CC(=O)O)cc3)ncnc2c1OC. The molecule has 0 saturated heterocycles. The number of benzene rings is 2. The predicted molar refractivity (Wildman–Crippen MR) is 93.7 cm³/mol. The van der Waals surface area contributed by atoms with Crippen molar-refractivity contribution in [3.63, 3.8) is 0 Å². The fraction of sp³-hybridized carbons (Fsp3) is 0.167. The van der Waals surface area contributed by atoms with Crippen LogP contribution < -0.4 is 14.8 Å². The van der Waals surface area contributed by atoms with Gasteiger partial charge in [0, 0.05) is 11.1 Å². The Kier molecular flexibility index (Phi) is 4.65. The van der Waals surface area contributed by atoms with Crippen LogP contribution in [0.5, 0.6) is 11.5 Å². The Morgan fingerprint density at radius 3 is 2.48 bits per heavy atom. The van der Waals surface area contributed by atoms with Gasteiger partial charge in [0.15, 0.2) is 11.5 Å². The fourth-order valence-corrected chi connectivity index (χ4v) is 2.56. The second kappa shape index (κ2) is 7.04. The van der Waals surface area contributed by atoms with E-state index in [4.69, 9.17) is 14.6 Å². The summed E-state index contributed by atoms with van der Waals surface area (Å²) in [6, 6.07) is 10.8.